The van der Waals surface area contributed by atoms with Crippen LogP contribution in [0.25, 0.3) is 0 Å². The maximum absolute atomic E-state index is 11.3. The molecule has 0 aromatic carbocycles. The Morgan fingerprint density at radius 1 is 1.47 bits per heavy atom. The summed E-state index contributed by atoms with van der Waals surface area (Å²) in [6.45, 7) is 8.23. The summed E-state index contributed by atoms with van der Waals surface area (Å²) >= 11 is 0. The lowest BCUT2D eigenvalue weighted by molar-refractivity contribution is 0.0512. The number of ether oxygens (including phenoxy) is 1. The van der Waals surface area contributed by atoms with Crippen LogP contribution in [0.5, 0.6) is 0 Å². The van der Waals surface area contributed by atoms with Gasteiger partial charge in [0.25, 0.3) is 5.82 Å². The summed E-state index contributed by atoms with van der Waals surface area (Å²) in [5.74, 6) is 0.341. The van der Waals surface area contributed by atoms with Gasteiger partial charge in [-0.2, -0.15) is 0 Å². The number of H-pyrrole nitrogens is 1. The fraction of sp³-hybridized carbons (Fsp3) is 0.700. The van der Waals surface area contributed by atoms with E-state index in [1.807, 2.05) is 13.8 Å². The van der Waals surface area contributed by atoms with Crippen molar-refractivity contribution in [1.29, 1.82) is 0 Å². The number of rotatable bonds is 4. The van der Waals surface area contributed by atoms with Crippen molar-refractivity contribution >= 4 is 5.97 Å². The lowest BCUT2D eigenvalue weighted by Crippen LogP contribution is -2.18. The highest BCUT2D eigenvalue weighted by Crippen LogP contribution is 2.22. The molecule has 0 unspecified atom stereocenters. The lowest BCUT2D eigenvalue weighted by Gasteiger charge is -2.18. The van der Waals surface area contributed by atoms with E-state index in [9.17, 15) is 4.79 Å². The van der Waals surface area contributed by atoms with Crippen molar-refractivity contribution < 1.29 is 9.53 Å². The number of aromatic amines is 1. The van der Waals surface area contributed by atoms with E-state index in [0.717, 1.165) is 6.42 Å². The van der Waals surface area contributed by atoms with Gasteiger partial charge in [0.1, 0.15) is 5.82 Å². The molecule has 0 radical (unpaired) electrons. The van der Waals surface area contributed by atoms with E-state index in [4.69, 9.17) is 4.74 Å². The van der Waals surface area contributed by atoms with E-state index in [-0.39, 0.29) is 11.2 Å². The molecule has 0 aliphatic rings. The Kier molecular flexibility index (Phi) is 3.44. The number of esters is 1. The number of hydrogen-bond donors (Lipinski definition) is 1. The Balaban J connectivity index is 2.85. The summed E-state index contributed by atoms with van der Waals surface area (Å²) in [6.07, 6.45) is 0.921. The Hall–Kier alpha value is -1.39. The molecule has 0 aliphatic heterocycles. The molecule has 5 nitrogen and oxygen atoms in total. The second kappa shape index (κ2) is 4.42. The van der Waals surface area contributed by atoms with Crippen LogP contribution in [0.3, 0.4) is 0 Å². The van der Waals surface area contributed by atoms with Gasteiger partial charge in [-0.15, -0.1) is 5.10 Å². The van der Waals surface area contributed by atoms with Crippen molar-refractivity contribution in [3.8, 4) is 0 Å². The average Bonchev–Trinajstić information content (AvgIpc) is 2.67. The molecule has 0 spiro atoms. The molecule has 1 N–H and O–H groups in total. The van der Waals surface area contributed by atoms with Gasteiger partial charge in [-0.05, 0) is 13.3 Å². The van der Waals surface area contributed by atoms with Gasteiger partial charge >= 0.3 is 5.97 Å². The molecule has 0 saturated carbocycles. The molecule has 0 aliphatic carbocycles. The Bertz CT molecular complexity index is 344. The van der Waals surface area contributed by atoms with Crippen LogP contribution in [0, 0.1) is 0 Å². The predicted octanol–water partition coefficient (Wildman–Crippen LogP) is 1.67. The highest BCUT2D eigenvalue weighted by Gasteiger charge is 2.24. The zero-order valence-corrected chi connectivity index (χ0v) is 9.63. The molecule has 1 aromatic rings. The molecule has 0 amide bonds. The van der Waals surface area contributed by atoms with Crippen LogP contribution in [0.1, 0.15) is 50.6 Å². The van der Waals surface area contributed by atoms with Crippen LogP contribution in [-0.4, -0.2) is 27.8 Å². The first kappa shape index (κ1) is 11.7. The molecule has 0 atom stereocenters. The first-order valence-electron chi connectivity index (χ1n) is 5.11. The minimum absolute atomic E-state index is 0.0995. The van der Waals surface area contributed by atoms with E-state index in [1.165, 1.54) is 0 Å². The number of aromatic nitrogens is 3. The first-order chi connectivity index (χ1) is 7.01. The van der Waals surface area contributed by atoms with Crippen LogP contribution in [-0.2, 0) is 10.2 Å². The Morgan fingerprint density at radius 3 is 2.67 bits per heavy atom. The minimum Gasteiger partial charge on any atom is -0.460 e. The van der Waals surface area contributed by atoms with Crippen molar-refractivity contribution in [3.05, 3.63) is 11.6 Å². The molecule has 1 heterocycles. The van der Waals surface area contributed by atoms with Crippen molar-refractivity contribution in [1.82, 2.24) is 15.2 Å². The molecule has 0 bridgehead atoms. The summed E-state index contributed by atoms with van der Waals surface area (Å²) in [5.41, 5.74) is -0.0995. The van der Waals surface area contributed by atoms with Crippen molar-refractivity contribution in [3.63, 3.8) is 0 Å². The first-order valence-corrected chi connectivity index (χ1v) is 5.11. The number of carbonyl (C=O) groups excluding carboxylic acids is 1. The molecule has 0 saturated heterocycles. The number of hydrogen-bond acceptors (Lipinski definition) is 4. The van der Waals surface area contributed by atoms with E-state index in [0.29, 0.717) is 12.4 Å². The van der Waals surface area contributed by atoms with E-state index in [1.54, 1.807) is 6.92 Å². The van der Waals surface area contributed by atoms with Crippen LogP contribution >= 0.6 is 0 Å². The van der Waals surface area contributed by atoms with Gasteiger partial charge in [-0.3, -0.25) is 5.10 Å². The highest BCUT2D eigenvalue weighted by atomic mass is 16.5. The van der Waals surface area contributed by atoms with Crippen molar-refractivity contribution in [2.45, 2.75) is 39.5 Å². The summed E-state index contributed by atoms with van der Waals surface area (Å²) in [7, 11) is 0. The van der Waals surface area contributed by atoms with Crippen molar-refractivity contribution in [2.75, 3.05) is 6.61 Å². The van der Waals surface area contributed by atoms with E-state index >= 15 is 0 Å². The zero-order chi connectivity index (χ0) is 11.5. The number of carbonyl (C=O) groups is 1. The smallest absolute Gasteiger partial charge is 0.378 e. The van der Waals surface area contributed by atoms with Gasteiger partial charge < -0.3 is 4.74 Å². The maximum atomic E-state index is 11.3. The monoisotopic (exact) mass is 211 g/mol. The highest BCUT2D eigenvalue weighted by molar-refractivity contribution is 5.84. The second-order valence-corrected chi connectivity index (χ2v) is 3.97. The van der Waals surface area contributed by atoms with Crippen LogP contribution in [0.2, 0.25) is 0 Å². The zero-order valence-electron chi connectivity index (χ0n) is 9.63. The average molecular weight is 211 g/mol. The van der Waals surface area contributed by atoms with Crippen LogP contribution in [0.15, 0.2) is 0 Å². The molecule has 1 aromatic heterocycles. The predicted molar refractivity (Wildman–Crippen MR) is 55.7 cm³/mol. The second-order valence-electron chi connectivity index (χ2n) is 3.97. The van der Waals surface area contributed by atoms with E-state index in [2.05, 4.69) is 22.1 Å². The molecule has 15 heavy (non-hydrogen) atoms. The minimum atomic E-state index is -0.480. The Labute approximate surface area is 89.2 Å². The summed E-state index contributed by atoms with van der Waals surface area (Å²) in [6, 6.07) is 0. The van der Waals surface area contributed by atoms with E-state index < -0.39 is 5.97 Å². The SMILES string of the molecule is CCOC(=O)c1n[nH]c(C(C)(C)CC)n1. The molecule has 5 heteroatoms. The summed E-state index contributed by atoms with van der Waals surface area (Å²) in [5, 5.41) is 6.61. The van der Waals surface area contributed by atoms with Gasteiger partial charge in [-0.1, -0.05) is 20.8 Å². The van der Waals surface area contributed by atoms with Gasteiger partial charge in [0.15, 0.2) is 0 Å². The van der Waals surface area contributed by atoms with Crippen molar-refractivity contribution in [2.24, 2.45) is 0 Å². The van der Waals surface area contributed by atoms with Gasteiger partial charge in [-0.25, -0.2) is 9.78 Å². The van der Waals surface area contributed by atoms with Crippen LogP contribution in [0.4, 0.5) is 0 Å². The van der Waals surface area contributed by atoms with Gasteiger partial charge in [0.2, 0.25) is 0 Å². The molecule has 1 rings (SSSR count). The number of nitrogens with one attached hydrogen (secondary N) is 1. The standard InChI is InChI=1S/C10H17N3O2/c1-5-10(3,4)9-11-7(12-13-9)8(14)15-6-2/h5-6H2,1-4H3,(H,11,12,13). The molecule has 84 valence electrons. The maximum Gasteiger partial charge on any atom is 0.378 e. The lowest BCUT2D eigenvalue weighted by atomic mass is 9.90. The largest absolute Gasteiger partial charge is 0.460 e. The Morgan fingerprint density at radius 2 is 2.13 bits per heavy atom. The third kappa shape index (κ3) is 2.55. The summed E-state index contributed by atoms with van der Waals surface area (Å²) < 4.78 is 4.80. The third-order valence-corrected chi connectivity index (χ3v) is 2.47. The molecular formula is C10H17N3O2. The fourth-order valence-corrected chi connectivity index (χ4v) is 1.02. The van der Waals surface area contributed by atoms with Crippen LogP contribution < -0.4 is 0 Å². The number of nitrogens with zero attached hydrogens (tertiary/aromatic N) is 2. The normalized spacial score (nSPS) is 11.5. The fourth-order valence-electron chi connectivity index (χ4n) is 1.02. The quantitative estimate of drug-likeness (QED) is 0.769. The van der Waals surface area contributed by atoms with Gasteiger partial charge in [0.05, 0.1) is 6.61 Å². The molecular weight excluding hydrogens is 194 g/mol. The topological polar surface area (TPSA) is 67.9 Å². The van der Waals surface area contributed by atoms with Gasteiger partial charge in [0, 0.05) is 5.41 Å². The third-order valence-electron chi connectivity index (χ3n) is 2.47. The summed E-state index contributed by atoms with van der Waals surface area (Å²) in [4.78, 5) is 15.4. The molecule has 0 fully saturated rings.